The van der Waals surface area contributed by atoms with Crippen molar-refractivity contribution in [2.24, 2.45) is 0 Å². The number of aliphatic hydroxyl groups excluding tert-OH is 1. The van der Waals surface area contributed by atoms with E-state index in [0.29, 0.717) is 26.1 Å². The molecular formula is C15H20N4O3. The molecule has 1 aromatic carbocycles. The van der Waals surface area contributed by atoms with E-state index >= 15 is 0 Å². The third-order valence-corrected chi connectivity index (χ3v) is 3.96. The number of aromatic nitrogens is 3. The van der Waals surface area contributed by atoms with Crippen molar-refractivity contribution in [3.8, 4) is 11.4 Å². The van der Waals surface area contributed by atoms with Crippen LogP contribution in [0.1, 0.15) is 12.0 Å². The molecule has 2 heterocycles. The second-order valence-corrected chi connectivity index (χ2v) is 5.58. The summed E-state index contributed by atoms with van der Waals surface area (Å²) in [6.45, 7) is 1.63. The van der Waals surface area contributed by atoms with Crippen LogP contribution in [0.2, 0.25) is 0 Å². The van der Waals surface area contributed by atoms with Crippen LogP contribution in [0.4, 0.5) is 0 Å². The predicted molar refractivity (Wildman–Crippen MR) is 79.9 cm³/mol. The Labute approximate surface area is 128 Å². The van der Waals surface area contributed by atoms with Gasteiger partial charge in [-0.05, 0) is 5.56 Å². The Bertz CT molecular complexity index is 579. The van der Waals surface area contributed by atoms with E-state index in [-0.39, 0.29) is 6.61 Å². The van der Waals surface area contributed by atoms with Gasteiger partial charge in [0.25, 0.3) is 0 Å². The first-order valence-electron chi connectivity index (χ1n) is 7.31. The zero-order valence-electron chi connectivity index (χ0n) is 12.2. The lowest BCUT2D eigenvalue weighted by Crippen LogP contribution is -2.48. The van der Waals surface area contributed by atoms with Crippen molar-refractivity contribution in [2.75, 3.05) is 19.8 Å². The highest BCUT2D eigenvalue weighted by atomic mass is 16.5. The second-order valence-electron chi connectivity index (χ2n) is 5.58. The van der Waals surface area contributed by atoms with Gasteiger partial charge in [-0.1, -0.05) is 24.3 Å². The molecule has 0 amide bonds. The summed E-state index contributed by atoms with van der Waals surface area (Å²) in [4.78, 5) is 4.10. The zero-order chi connectivity index (χ0) is 15.4. The summed E-state index contributed by atoms with van der Waals surface area (Å²) in [5.41, 5.74) is 0.937. The van der Waals surface area contributed by atoms with Crippen LogP contribution in [-0.2, 0) is 11.3 Å². The van der Waals surface area contributed by atoms with Crippen LogP contribution in [0.25, 0.3) is 11.4 Å². The molecule has 1 saturated heterocycles. The quantitative estimate of drug-likeness (QED) is 0.602. The molecule has 0 saturated carbocycles. The van der Waals surface area contributed by atoms with Crippen molar-refractivity contribution in [3.63, 3.8) is 0 Å². The minimum absolute atomic E-state index is 0.196. The maximum Gasteiger partial charge on any atom is 0.155 e. The Hall–Kier alpha value is -1.80. The van der Waals surface area contributed by atoms with E-state index in [2.05, 4.69) is 20.5 Å². The Kier molecular flexibility index (Phi) is 4.49. The smallest absolute Gasteiger partial charge is 0.155 e. The predicted octanol–water partition coefficient (Wildman–Crippen LogP) is 0.0736. The molecule has 3 rings (SSSR count). The number of nitrogens with zero attached hydrogens (tertiary/aromatic N) is 2. The number of hydrogen-bond donors (Lipinski definition) is 4. The number of H-pyrrole nitrogens is 1. The van der Waals surface area contributed by atoms with Crippen molar-refractivity contribution >= 4 is 0 Å². The van der Waals surface area contributed by atoms with Crippen molar-refractivity contribution in [2.45, 2.75) is 24.7 Å². The van der Waals surface area contributed by atoms with Crippen molar-refractivity contribution < 1.29 is 14.9 Å². The SMILES string of the molecule is OC(CNCc1ccc(-c2ncn[nH]2)cc1)C1(O)CCOC1. The molecule has 1 aliphatic rings. The standard InChI is InChI=1S/C15H20N4O3/c20-13(15(21)5-6-22-9-15)8-16-7-11-1-3-12(4-2-11)14-17-10-18-19-14/h1-4,10,13,16,20-21H,5-9H2,(H,17,18,19). The molecule has 118 valence electrons. The lowest BCUT2D eigenvalue weighted by atomic mass is 9.96. The molecule has 1 aromatic heterocycles. The number of rotatable bonds is 6. The fourth-order valence-electron chi connectivity index (χ4n) is 2.50. The van der Waals surface area contributed by atoms with E-state index in [1.54, 1.807) is 0 Å². The number of benzene rings is 1. The van der Waals surface area contributed by atoms with Crippen molar-refractivity contribution in [1.82, 2.24) is 20.5 Å². The Morgan fingerprint density at radius 2 is 2.18 bits per heavy atom. The molecule has 0 radical (unpaired) electrons. The van der Waals surface area contributed by atoms with Gasteiger partial charge in [-0.3, -0.25) is 5.10 Å². The van der Waals surface area contributed by atoms with Crippen LogP contribution in [0.5, 0.6) is 0 Å². The van der Waals surface area contributed by atoms with Gasteiger partial charge in [0.15, 0.2) is 5.82 Å². The third kappa shape index (κ3) is 3.33. The Balaban J connectivity index is 1.49. The lowest BCUT2D eigenvalue weighted by molar-refractivity contribution is -0.0748. The van der Waals surface area contributed by atoms with E-state index in [1.165, 1.54) is 6.33 Å². The zero-order valence-corrected chi connectivity index (χ0v) is 12.2. The van der Waals surface area contributed by atoms with Gasteiger partial charge in [0, 0.05) is 31.7 Å². The van der Waals surface area contributed by atoms with Gasteiger partial charge in [0.2, 0.25) is 0 Å². The van der Waals surface area contributed by atoms with E-state index in [1.807, 2.05) is 24.3 Å². The highest BCUT2D eigenvalue weighted by molar-refractivity contribution is 5.54. The van der Waals surface area contributed by atoms with E-state index in [9.17, 15) is 10.2 Å². The van der Waals surface area contributed by atoms with Crippen molar-refractivity contribution in [3.05, 3.63) is 36.2 Å². The minimum atomic E-state index is -1.12. The molecule has 2 aromatic rings. The molecule has 22 heavy (non-hydrogen) atoms. The Morgan fingerprint density at radius 3 is 2.82 bits per heavy atom. The maximum absolute atomic E-state index is 10.2. The van der Waals surface area contributed by atoms with Crippen LogP contribution in [0.3, 0.4) is 0 Å². The Morgan fingerprint density at radius 1 is 1.36 bits per heavy atom. The van der Waals surface area contributed by atoms with Crippen LogP contribution >= 0.6 is 0 Å². The normalized spacial score (nSPS) is 22.8. The minimum Gasteiger partial charge on any atom is -0.389 e. The highest BCUT2D eigenvalue weighted by Crippen LogP contribution is 2.22. The first kappa shape index (κ1) is 15.1. The summed E-state index contributed by atoms with van der Waals surface area (Å²) in [6.07, 6.45) is 1.12. The molecule has 7 heteroatoms. The third-order valence-electron chi connectivity index (χ3n) is 3.96. The molecule has 7 nitrogen and oxygen atoms in total. The first-order valence-corrected chi connectivity index (χ1v) is 7.31. The number of nitrogens with one attached hydrogen (secondary N) is 2. The molecule has 2 unspecified atom stereocenters. The van der Waals surface area contributed by atoms with Gasteiger partial charge < -0.3 is 20.3 Å². The monoisotopic (exact) mass is 304 g/mol. The topological polar surface area (TPSA) is 103 Å². The van der Waals surface area contributed by atoms with Crippen LogP contribution in [-0.4, -0.2) is 56.9 Å². The average Bonchev–Trinajstić information content (AvgIpc) is 3.20. The summed E-state index contributed by atoms with van der Waals surface area (Å²) in [6, 6.07) is 7.91. The molecule has 2 atom stereocenters. The maximum atomic E-state index is 10.2. The largest absolute Gasteiger partial charge is 0.389 e. The second kappa shape index (κ2) is 6.53. The number of aliphatic hydroxyl groups is 2. The van der Waals surface area contributed by atoms with Gasteiger partial charge >= 0.3 is 0 Å². The molecule has 4 N–H and O–H groups in total. The van der Waals surface area contributed by atoms with Crippen LogP contribution in [0, 0.1) is 0 Å². The molecule has 0 spiro atoms. The summed E-state index contributed by atoms with van der Waals surface area (Å²) < 4.78 is 5.14. The van der Waals surface area contributed by atoms with Gasteiger partial charge in [0.05, 0.1) is 12.7 Å². The molecular weight excluding hydrogens is 284 g/mol. The molecule has 0 aliphatic carbocycles. The lowest BCUT2D eigenvalue weighted by Gasteiger charge is -2.27. The number of hydrogen-bond acceptors (Lipinski definition) is 6. The van der Waals surface area contributed by atoms with Crippen LogP contribution in [0.15, 0.2) is 30.6 Å². The highest BCUT2D eigenvalue weighted by Gasteiger charge is 2.39. The summed E-state index contributed by atoms with van der Waals surface area (Å²) in [5, 5.41) is 30.0. The summed E-state index contributed by atoms with van der Waals surface area (Å²) in [5.74, 6) is 0.735. The first-order chi connectivity index (χ1) is 10.7. The number of aromatic amines is 1. The fourth-order valence-corrected chi connectivity index (χ4v) is 2.50. The molecule has 1 fully saturated rings. The average molecular weight is 304 g/mol. The molecule has 1 aliphatic heterocycles. The number of ether oxygens (including phenoxy) is 1. The van der Waals surface area contributed by atoms with E-state index in [4.69, 9.17) is 4.74 Å². The molecule has 0 bridgehead atoms. The van der Waals surface area contributed by atoms with E-state index in [0.717, 1.165) is 17.0 Å². The summed E-state index contributed by atoms with van der Waals surface area (Å²) in [7, 11) is 0. The fraction of sp³-hybridized carbons (Fsp3) is 0.467. The van der Waals surface area contributed by atoms with Crippen LogP contribution < -0.4 is 5.32 Å². The van der Waals surface area contributed by atoms with Gasteiger partial charge in [-0.25, -0.2) is 4.98 Å². The van der Waals surface area contributed by atoms with Gasteiger partial charge in [0.1, 0.15) is 11.9 Å². The van der Waals surface area contributed by atoms with E-state index < -0.39 is 11.7 Å². The van der Waals surface area contributed by atoms with Crippen molar-refractivity contribution in [1.29, 1.82) is 0 Å². The van der Waals surface area contributed by atoms with Gasteiger partial charge in [-0.15, -0.1) is 0 Å². The summed E-state index contributed by atoms with van der Waals surface area (Å²) >= 11 is 0. The van der Waals surface area contributed by atoms with Gasteiger partial charge in [-0.2, -0.15) is 5.10 Å².